The molecule has 0 atom stereocenters. The van der Waals surface area contributed by atoms with Crippen LogP contribution in [-0.4, -0.2) is 16.1 Å². The van der Waals surface area contributed by atoms with Crippen molar-refractivity contribution < 1.29 is 9.90 Å². The zero-order valence-corrected chi connectivity index (χ0v) is 11.2. The molecule has 1 heterocycles. The molecule has 3 rings (SSSR count). The van der Waals surface area contributed by atoms with E-state index in [1.165, 1.54) is 6.20 Å². The second-order valence-corrected chi connectivity index (χ2v) is 4.84. The Balaban J connectivity index is 2.15. The van der Waals surface area contributed by atoms with Crippen molar-refractivity contribution in [3.8, 4) is 0 Å². The third-order valence-corrected chi connectivity index (χ3v) is 3.47. The maximum absolute atomic E-state index is 12.2. The molecule has 2 aromatic carbocycles. The second-order valence-electron chi connectivity index (χ2n) is 4.84. The Bertz CT molecular complexity index is 866. The summed E-state index contributed by atoms with van der Waals surface area (Å²) >= 11 is 0. The van der Waals surface area contributed by atoms with E-state index in [0.29, 0.717) is 17.3 Å². The lowest BCUT2D eigenvalue weighted by atomic mass is 10.0. The van der Waals surface area contributed by atoms with Crippen LogP contribution in [0.25, 0.3) is 10.9 Å². The van der Waals surface area contributed by atoms with Gasteiger partial charge in [0, 0.05) is 11.6 Å². The van der Waals surface area contributed by atoms with Crippen LogP contribution in [0.2, 0.25) is 0 Å². The Labute approximate surface area is 120 Å². The van der Waals surface area contributed by atoms with Crippen molar-refractivity contribution in [3.63, 3.8) is 0 Å². The molecule has 0 aliphatic carbocycles. The van der Waals surface area contributed by atoms with Crippen LogP contribution in [0.5, 0.6) is 0 Å². The Morgan fingerprint density at radius 2 is 1.81 bits per heavy atom. The number of aromatic carboxylic acids is 1. The van der Waals surface area contributed by atoms with E-state index < -0.39 is 11.4 Å². The molecule has 4 nitrogen and oxygen atoms in total. The van der Waals surface area contributed by atoms with Crippen LogP contribution in [-0.2, 0) is 6.42 Å². The van der Waals surface area contributed by atoms with Gasteiger partial charge in [0.15, 0.2) is 0 Å². The smallest absolute Gasteiger partial charge is 0.341 e. The number of hydrogen-bond acceptors (Lipinski definition) is 2. The number of H-pyrrole nitrogens is 1. The molecule has 21 heavy (non-hydrogen) atoms. The van der Waals surface area contributed by atoms with E-state index in [-0.39, 0.29) is 5.56 Å². The van der Waals surface area contributed by atoms with Crippen molar-refractivity contribution in [1.29, 1.82) is 0 Å². The van der Waals surface area contributed by atoms with E-state index in [1.807, 2.05) is 36.4 Å². The third-order valence-electron chi connectivity index (χ3n) is 3.47. The van der Waals surface area contributed by atoms with Crippen LogP contribution in [0.1, 0.15) is 21.5 Å². The van der Waals surface area contributed by atoms with E-state index in [0.717, 1.165) is 11.1 Å². The highest BCUT2D eigenvalue weighted by Gasteiger charge is 2.13. The average molecular weight is 279 g/mol. The van der Waals surface area contributed by atoms with E-state index in [1.54, 1.807) is 12.1 Å². The first kappa shape index (κ1) is 13.1. The molecule has 0 aliphatic heterocycles. The summed E-state index contributed by atoms with van der Waals surface area (Å²) in [7, 11) is 0. The number of carboxylic acid groups (broad SMARTS) is 1. The monoisotopic (exact) mass is 279 g/mol. The van der Waals surface area contributed by atoms with Crippen molar-refractivity contribution in [2.45, 2.75) is 6.42 Å². The first-order chi connectivity index (χ1) is 10.2. The Morgan fingerprint density at radius 1 is 1.05 bits per heavy atom. The van der Waals surface area contributed by atoms with Crippen molar-refractivity contribution in [2.24, 2.45) is 0 Å². The van der Waals surface area contributed by atoms with Crippen LogP contribution >= 0.6 is 0 Å². The van der Waals surface area contributed by atoms with Gasteiger partial charge in [0.2, 0.25) is 5.43 Å². The Kier molecular flexibility index (Phi) is 3.28. The van der Waals surface area contributed by atoms with Crippen molar-refractivity contribution >= 4 is 16.9 Å². The van der Waals surface area contributed by atoms with Gasteiger partial charge in [0.25, 0.3) is 0 Å². The molecule has 0 spiro atoms. The Morgan fingerprint density at radius 3 is 2.52 bits per heavy atom. The summed E-state index contributed by atoms with van der Waals surface area (Å²) < 4.78 is 0. The van der Waals surface area contributed by atoms with Gasteiger partial charge in [-0.2, -0.15) is 0 Å². The maximum atomic E-state index is 12.2. The molecule has 2 N–H and O–H groups in total. The molecular weight excluding hydrogens is 266 g/mol. The van der Waals surface area contributed by atoms with Crippen LogP contribution in [0.15, 0.2) is 59.5 Å². The minimum Gasteiger partial charge on any atom is -0.477 e. The third kappa shape index (κ3) is 2.43. The molecule has 4 heteroatoms. The SMILES string of the molecule is O=C(O)c1c[nH]c2c(Cc3ccccc3)cccc2c1=O. The zero-order chi connectivity index (χ0) is 14.8. The van der Waals surface area contributed by atoms with E-state index >= 15 is 0 Å². The predicted octanol–water partition coefficient (Wildman–Crippen LogP) is 2.82. The number of carboxylic acids is 1. The number of rotatable bonds is 3. The fourth-order valence-corrected chi connectivity index (χ4v) is 2.44. The van der Waals surface area contributed by atoms with Crippen LogP contribution < -0.4 is 5.43 Å². The molecule has 0 fully saturated rings. The lowest BCUT2D eigenvalue weighted by Crippen LogP contribution is -2.15. The molecule has 3 aromatic rings. The van der Waals surface area contributed by atoms with Gasteiger partial charge in [0.05, 0.1) is 5.52 Å². The molecule has 0 saturated carbocycles. The number of fused-ring (bicyclic) bond motifs is 1. The van der Waals surface area contributed by atoms with Crippen LogP contribution in [0.4, 0.5) is 0 Å². The number of carbonyl (C=O) groups is 1. The molecule has 0 amide bonds. The highest BCUT2D eigenvalue weighted by molar-refractivity contribution is 5.93. The van der Waals surface area contributed by atoms with Gasteiger partial charge in [-0.05, 0) is 23.6 Å². The minimum absolute atomic E-state index is 0.237. The number of nitrogens with one attached hydrogen (secondary N) is 1. The topological polar surface area (TPSA) is 70.2 Å². The summed E-state index contributed by atoms with van der Waals surface area (Å²) in [6.45, 7) is 0. The van der Waals surface area contributed by atoms with E-state index in [2.05, 4.69) is 4.98 Å². The zero-order valence-electron chi connectivity index (χ0n) is 11.2. The number of benzene rings is 2. The average Bonchev–Trinajstić information content (AvgIpc) is 2.49. The second kappa shape index (κ2) is 5.25. The quantitative estimate of drug-likeness (QED) is 0.774. The summed E-state index contributed by atoms with van der Waals surface area (Å²) in [5.41, 5.74) is 2.10. The summed E-state index contributed by atoms with van der Waals surface area (Å²) in [5, 5.41) is 9.42. The van der Waals surface area contributed by atoms with Crippen LogP contribution in [0, 0.1) is 0 Å². The predicted molar refractivity (Wildman–Crippen MR) is 80.8 cm³/mol. The summed E-state index contributed by atoms with van der Waals surface area (Å²) in [6, 6.07) is 15.3. The molecule has 0 unspecified atom stereocenters. The van der Waals surface area contributed by atoms with Gasteiger partial charge >= 0.3 is 5.97 Å². The highest BCUT2D eigenvalue weighted by atomic mass is 16.4. The highest BCUT2D eigenvalue weighted by Crippen LogP contribution is 2.17. The fourth-order valence-electron chi connectivity index (χ4n) is 2.44. The molecule has 0 saturated heterocycles. The largest absolute Gasteiger partial charge is 0.477 e. The number of aromatic nitrogens is 1. The molecule has 104 valence electrons. The van der Waals surface area contributed by atoms with Gasteiger partial charge in [-0.25, -0.2) is 4.79 Å². The van der Waals surface area contributed by atoms with Crippen molar-refractivity contribution in [3.05, 3.63) is 81.6 Å². The molecular formula is C17H13NO3. The van der Waals surface area contributed by atoms with Crippen molar-refractivity contribution in [1.82, 2.24) is 4.98 Å². The van der Waals surface area contributed by atoms with Gasteiger partial charge in [0.1, 0.15) is 5.56 Å². The lowest BCUT2D eigenvalue weighted by molar-refractivity contribution is 0.0695. The van der Waals surface area contributed by atoms with Gasteiger partial charge in [-0.1, -0.05) is 42.5 Å². The lowest BCUT2D eigenvalue weighted by Gasteiger charge is -2.07. The van der Waals surface area contributed by atoms with Gasteiger partial charge in [-0.3, -0.25) is 4.79 Å². The molecule has 0 radical (unpaired) electrons. The molecule has 0 aliphatic rings. The molecule has 0 bridgehead atoms. The summed E-state index contributed by atoms with van der Waals surface area (Å²) in [6.07, 6.45) is 1.95. The van der Waals surface area contributed by atoms with Gasteiger partial charge in [-0.15, -0.1) is 0 Å². The number of pyridine rings is 1. The minimum atomic E-state index is -1.22. The first-order valence-electron chi connectivity index (χ1n) is 6.57. The summed E-state index contributed by atoms with van der Waals surface area (Å²) in [5.74, 6) is -1.22. The van der Waals surface area contributed by atoms with Gasteiger partial charge < -0.3 is 10.1 Å². The summed E-state index contributed by atoms with van der Waals surface area (Å²) in [4.78, 5) is 26.1. The van der Waals surface area contributed by atoms with E-state index in [4.69, 9.17) is 5.11 Å². The maximum Gasteiger partial charge on any atom is 0.341 e. The fraction of sp³-hybridized carbons (Fsp3) is 0.0588. The normalized spacial score (nSPS) is 10.7. The van der Waals surface area contributed by atoms with E-state index in [9.17, 15) is 9.59 Å². The first-order valence-corrected chi connectivity index (χ1v) is 6.57. The number of aromatic amines is 1. The molecule has 1 aromatic heterocycles. The van der Waals surface area contributed by atoms with Crippen LogP contribution in [0.3, 0.4) is 0 Å². The number of hydrogen-bond donors (Lipinski definition) is 2. The van der Waals surface area contributed by atoms with Crippen molar-refractivity contribution in [2.75, 3.05) is 0 Å². The standard InChI is InChI=1S/C17H13NO3/c19-16-13-8-4-7-12(9-11-5-2-1-3-6-11)15(13)18-10-14(16)17(20)21/h1-8,10H,9H2,(H,18,19)(H,20,21). The Hall–Kier alpha value is -2.88. The number of para-hydroxylation sites is 1.